The van der Waals surface area contributed by atoms with E-state index in [1.807, 2.05) is 54.6 Å². The number of aryl methyl sites for hydroxylation is 1. The van der Waals surface area contributed by atoms with Crippen molar-refractivity contribution in [2.24, 2.45) is 0 Å². The van der Waals surface area contributed by atoms with E-state index in [4.69, 9.17) is 4.74 Å². The number of hydrogen-bond acceptors (Lipinski definition) is 3. The molecule has 1 aliphatic carbocycles. The van der Waals surface area contributed by atoms with Crippen molar-refractivity contribution in [1.82, 2.24) is 4.72 Å². The Bertz CT molecular complexity index is 798. The lowest BCUT2D eigenvalue weighted by atomic mass is 9.98. The third kappa shape index (κ3) is 4.00. The van der Waals surface area contributed by atoms with Gasteiger partial charge in [0.25, 0.3) is 0 Å². The van der Waals surface area contributed by atoms with E-state index in [-0.39, 0.29) is 6.54 Å². The Labute approximate surface area is 136 Å². The number of ether oxygens (including phenoxy) is 1. The minimum Gasteiger partial charge on any atom is -0.492 e. The van der Waals surface area contributed by atoms with E-state index < -0.39 is 10.0 Å². The van der Waals surface area contributed by atoms with Crippen LogP contribution in [0.1, 0.15) is 17.5 Å². The quantitative estimate of drug-likeness (QED) is 0.829. The molecule has 0 bridgehead atoms. The molecule has 0 aromatic heterocycles. The molecule has 0 amide bonds. The number of sulfonamides is 1. The standard InChI is InChI=1S/C18H19NO3S/c20-23(21,19-12-13-22-17-8-2-1-3-9-17)18-11-10-15-6-4-5-7-16(15)14-18/h1-9,14,19H,10-13H2. The predicted octanol–water partition coefficient (Wildman–Crippen LogP) is 2.97. The lowest BCUT2D eigenvalue weighted by Crippen LogP contribution is -2.30. The fourth-order valence-electron chi connectivity index (χ4n) is 2.57. The normalized spacial score (nSPS) is 14.0. The van der Waals surface area contributed by atoms with Crippen LogP contribution in [-0.4, -0.2) is 21.6 Å². The Morgan fingerprint density at radius 3 is 2.52 bits per heavy atom. The molecule has 0 saturated heterocycles. The molecular weight excluding hydrogens is 310 g/mol. The molecule has 0 radical (unpaired) electrons. The first kappa shape index (κ1) is 15.8. The molecule has 120 valence electrons. The maximum Gasteiger partial charge on any atom is 0.236 e. The van der Waals surface area contributed by atoms with Gasteiger partial charge in [-0.05, 0) is 42.2 Å². The molecule has 2 aromatic rings. The fraction of sp³-hybridized carbons (Fsp3) is 0.222. The molecule has 23 heavy (non-hydrogen) atoms. The molecule has 0 fully saturated rings. The van der Waals surface area contributed by atoms with Gasteiger partial charge in [0.15, 0.2) is 0 Å². The van der Waals surface area contributed by atoms with Crippen LogP contribution in [0.3, 0.4) is 0 Å². The van der Waals surface area contributed by atoms with Crippen LogP contribution in [0.2, 0.25) is 0 Å². The fourth-order valence-corrected chi connectivity index (χ4v) is 3.76. The van der Waals surface area contributed by atoms with Crippen molar-refractivity contribution in [3.63, 3.8) is 0 Å². The Kier molecular flexibility index (Phi) is 4.79. The number of nitrogens with one attached hydrogen (secondary N) is 1. The van der Waals surface area contributed by atoms with Gasteiger partial charge in [0.2, 0.25) is 10.0 Å². The van der Waals surface area contributed by atoms with E-state index in [0.717, 1.165) is 17.7 Å². The summed E-state index contributed by atoms with van der Waals surface area (Å²) in [7, 11) is -3.45. The molecule has 0 spiro atoms. The Balaban J connectivity index is 1.58. The van der Waals surface area contributed by atoms with Gasteiger partial charge in [-0.3, -0.25) is 0 Å². The Morgan fingerprint density at radius 2 is 1.70 bits per heavy atom. The summed E-state index contributed by atoms with van der Waals surface area (Å²) in [5, 5.41) is 0. The summed E-state index contributed by atoms with van der Waals surface area (Å²) in [6, 6.07) is 17.2. The summed E-state index contributed by atoms with van der Waals surface area (Å²) in [6.07, 6.45) is 3.05. The number of benzene rings is 2. The zero-order chi connectivity index (χ0) is 16.1. The van der Waals surface area contributed by atoms with Crippen LogP contribution >= 0.6 is 0 Å². The van der Waals surface area contributed by atoms with Crippen molar-refractivity contribution in [2.75, 3.05) is 13.2 Å². The van der Waals surface area contributed by atoms with Gasteiger partial charge in [-0.25, -0.2) is 13.1 Å². The second-order valence-corrected chi connectivity index (χ2v) is 7.19. The first-order valence-corrected chi connectivity index (χ1v) is 9.09. The first-order valence-electron chi connectivity index (χ1n) is 7.61. The Morgan fingerprint density at radius 1 is 0.957 bits per heavy atom. The number of para-hydroxylation sites is 1. The molecule has 0 aliphatic heterocycles. The highest BCUT2D eigenvalue weighted by Gasteiger charge is 2.21. The van der Waals surface area contributed by atoms with Crippen molar-refractivity contribution in [3.05, 3.63) is 70.6 Å². The van der Waals surface area contributed by atoms with Crippen LogP contribution in [-0.2, 0) is 16.4 Å². The van der Waals surface area contributed by atoms with Gasteiger partial charge >= 0.3 is 0 Å². The summed E-state index contributed by atoms with van der Waals surface area (Å²) in [6.45, 7) is 0.545. The summed E-state index contributed by atoms with van der Waals surface area (Å²) < 4.78 is 32.9. The van der Waals surface area contributed by atoms with Gasteiger partial charge in [0.1, 0.15) is 12.4 Å². The zero-order valence-electron chi connectivity index (χ0n) is 12.7. The smallest absolute Gasteiger partial charge is 0.236 e. The van der Waals surface area contributed by atoms with Crippen LogP contribution < -0.4 is 9.46 Å². The molecule has 0 atom stereocenters. The van der Waals surface area contributed by atoms with Crippen molar-refractivity contribution in [2.45, 2.75) is 12.8 Å². The first-order chi connectivity index (χ1) is 11.1. The summed E-state index contributed by atoms with van der Waals surface area (Å²) >= 11 is 0. The van der Waals surface area contributed by atoms with Crippen LogP contribution in [0, 0.1) is 0 Å². The van der Waals surface area contributed by atoms with E-state index in [9.17, 15) is 8.42 Å². The molecule has 5 heteroatoms. The Hall–Kier alpha value is -2.11. The van der Waals surface area contributed by atoms with Crippen LogP contribution in [0.15, 0.2) is 59.5 Å². The van der Waals surface area contributed by atoms with Crippen molar-refractivity contribution in [3.8, 4) is 5.75 Å². The molecule has 2 aromatic carbocycles. The van der Waals surface area contributed by atoms with E-state index in [2.05, 4.69) is 4.72 Å². The van der Waals surface area contributed by atoms with Crippen molar-refractivity contribution < 1.29 is 13.2 Å². The summed E-state index contributed by atoms with van der Waals surface area (Å²) in [5.74, 6) is 0.734. The number of hydrogen-bond donors (Lipinski definition) is 1. The SMILES string of the molecule is O=S(=O)(NCCOc1ccccc1)C1=Cc2ccccc2CC1. The highest BCUT2D eigenvalue weighted by molar-refractivity contribution is 7.93. The molecule has 4 nitrogen and oxygen atoms in total. The lowest BCUT2D eigenvalue weighted by Gasteiger charge is -2.17. The van der Waals surface area contributed by atoms with E-state index in [0.29, 0.717) is 17.9 Å². The average molecular weight is 329 g/mol. The largest absolute Gasteiger partial charge is 0.492 e. The minimum atomic E-state index is -3.45. The topological polar surface area (TPSA) is 55.4 Å². The second kappa shape index (κ2) is 6.98. The van der Waals surface area contributed by atoms with Crippen LogP contribution in [0.5, 0.6) is 5.75 Å². The average Bonchev–Trinajstić information content (AvgIpc) is 2.59. The van der Waals surface area contributed by atoms with Gasteiger partial charge in [0, 0.05) is 6.54 Å². The molecule has 0 heterocycles. The van der Waals surface area contributed by atoms with Gasteiger partial charge < -0.3 is 4.74 Å². The highest BCUT2D eigenvalue weighted by Crippen LogP contribution is 2.26. The second-order valence-electron chi connectivity index (χ2n) is 5.37. The van der Waals surface area contributed by atoms with Gasteiger partial charge in [0.05, 0.1) is 4.91 Å². The van der Waals surface area contributed by atoms with E-state index in [1.54, 1.807) is 6.08 Å². The maximum absolute atomic E-state index is 12.4. The molecular formula is C18H19NO3S. The maximum atomic E-state index is 12.4. The molecule has 0 unspecified atom stereocenters. The van der Waals surface area contributed by atoms with Crippen LogP contribution in [0.4, 0.5) is 0 Å². The monoisotopic (exact) mass is 329 g/mol. The van der Waals surface area contributed by atoms with E-state index in [1.165, 1.54) is 5.56 Å². The van der Waals surface area contributed by atoms with Gasteiger partial charge in [-0.1, -0.05) is 42.5 Å². The lowest BCUT2D eigenvalue weighted by molar-refractivity contribution is 0.323. The van der Waals surface area contributed by atoms with Crippen LogP contribution in [0.25, 0.3) is 6.08 Å². The highest BCUT2D eigenvalue weighted by atomic mass is 32.2. The third-order valence-electron chi connectivity index (χ3n) is 3.76. The van der Waals surface area contributed by atoms with Gasteiger partial charge in [-0.2, -0.15) is 0 Å². The van der Waals surface area contributed by atoms with Gasteiger partial charge in [-0.15, -0.1) is 0 Å². The van der Waals surface area contributed by atoms with Crippen molar-refractivity contribution >= 4 is 16.1 Å². The third-order valence-corrected chi connectivity index (χ3v) is 5.36. The van der Waals surface area contributed by atoms with Crippen molar-refractivity contribution in [1.29, 1.82) is 0 Å². The molecule has 0 saturated carbocycles. The van der Waals surface area contributed by atoms with E-state index >= 15 is 0 Å². The predicted molar refractivity (Wildman–Crippen MR) is 91.6 cm³/mol. The summed E-state index contributed by atoms with van der Waals surface area (Å²) in [5.41, 5.74) is 2.18. The number of allylic oxidation sites excluding steroid dienone is 1. The molecule has 1 aliphatic rings. The minimum absolute atomic E-state index is 0.246. The number of fused-ring (bicyclic) bond motifs is 1. The molecule has 1 N–H and O–H groups in total. The zero-order valence-corrected chi connectivity index (χ0v) is 13.6. The molecule has 3 rings (SSSR count). The summed E-state index contributed by atoms with van der Waals surface area (Å²) in [4.78, 5) is 0.441. The number of rotatable bonds is 6.